The Morgan fingerprint density at radius 2 is 1.90 bits per heavy atom. The summed E-state index contributed by atoms with van der Waals surface area (Å²) in [5, 5.41) is 12.0. The Morgan fingerprint density at radius 1 is 1.40 bits per heavy atom. The third-order valence-corrected chi connectivity index (χ3v) is 5.94. The van der Waals surface area contributed by atoms with Gasteiger partial charge in [-0.05, 0) is 31.6 Å². The van der Waals surface area contributed by atoms with Crippen LogP contribution in [-0.2, 0) is 10.2 Å². The molecule has 0 aromatic heterocycles. The van der Waals surface area contributed by atoms with Gasteiger partial charge in [0.25, 0.3) is 10.2 Å². The summed E-state index contributed by atoms with van der Waals surface area (Å²) in [6.45, 7) is 6.45. The Kier molecular flexibility index (Phi) is 5.79. The quantitative estimate of drug-likeness (QED) is 0.293. The van der Waals surface area contributed by atoms with Gasteiger partial charge in [0.05, 0.1) is 5.54 Å². The van der Waals surface area contributed by atoms with Gasteiger partial charge in [-0.3, -0.25) is 0 Å². The Morgan fingerprint density at radius 3 is 2.30 bits per heavy atom. The third kappa shape index (κ3) is 3.62. The van der Waals surface area contributed by atoms with Crippen molar-refractivity contribution in [2.45, 2.75) is 52.0 Å². The van der Waals surface area contributed by atoms with Gasteiger partial charge in [0.1, 0.15) is 0 Å². The number of hydrogen-bond donors (Lipinski definition) is 3. The van der Waals surface area contributed by atoms with E-state index in [1.165, 1.54) is 4.31 Å². The zero-order valence-electron chi connectivity index (χ0n) is 12.5. The molecule has 1 aliphatic carbocycles. The highest BCUT2D eigenvalue weighted by Gasteiger charge is 2.42. The van der Waals surface area contributed by atoms with Crippen LogP contribution in [0.4, 0.5) is 0 Å². The van der Waals surface area contributed by atoms with Gasteiger partial charge < -0.3 is 10.9 Å². The van der Waals surface area contributed by atoms with E-state index in [1.807, 2.05) is 0 Å². The third-order valence-electron chi connectivity index (χ3n) is 4.10. The smallest absolute Gasteiger partial charge is 0.280 e. The molecule has 0 aromatic rings. The van der Waals surface area contributed by atoms with Crippen molar-refractivity contribution in [1.29, 1.82) is 0 Å². The van der Waals surface area contributed by atoms with Crippen LogP contribution in [0.15, 0.2) is 5.16 Å². The van der Waals surface area contributed by atoms with Crippen LogP contribution in [0.3, 0.4) is 0 Å². The maximum atomic E-state index is 12.4. The predicted octanol–water partition coefficient (Wildman–Crippen LogP) is 0.858. The molecule has 0 radical (unpaired) electrons. The highest BCUT2D eigenvalue weighted by molar-refractivity contribution is 7.87. The lowest BCUT2D eigenvalue weighted by atomic mass is 9.77. The lowest BCUT2D eigenvalue weighted by Gasteiger charge is -2.39. The standard InChI is InChI=1S/C12H26N4O3S/c1-4-16(5-2)20(18,19)15-12(11(13)14-17)8-6-10(3)7-9-12/h10,15,17H,4-9H2,1-3H3,(H2,13,14). The van der Waals surface area contributed by atoms with Crippen molar-refractivity contribution < 1.29 is 13.6 Å². The van der Waals surface area contributed by atoms with E-state index in [1.54, 1.807) is 13.8 Å². The van der Waals surface area contributed by atoms with Crippen molar-refractivity contribution >= 4 is 16.0 Å². The van der Waals surface area contributed by atoms with E-state index in [0.717, 1.165) is 12.8 Å². The first-order valence-electron chi connectivity index (χ1n) is 7.08. The normalized spacial score (nSPS) is 28.8. The summed E-state index contributed by atoms with van der Waals surface area (Å²) < 4.78 is 28.8. The maximum absolute atomic E-state index is 12.4. The van der Waals surface area contributed by atoms with Gasteiger partial charge in [0.2, 0.25) is 0 Å². The molecule has 0 unspecified atom stereocenters. The second-order valence-electron chi connectivity index (χ2n) is 5.44. The van der Waals surface area contributed by atoms with E-state index in [0.29, 0.717) is 31.8 Å². The molecule has 0 atom stereocenters. The fourth-order valence-electron chi connectivity index (χ4n) is 2.64. The summed E-state index contributed by atoms with van der Waals surface area (Å²) in [4.78, 5) is 0. The number of oxime groups is 1. The van der Waals surface area contributed by atoms with Gasteiger partial charge >= 0.3 is 0 Å². The Bertz CT molecular complexity index is 438. The monoisotopic (exact) mass is 306 g/mol. The number of nitrogens with zero attached hydrogens (tertiary/aromatic N) is 2. The highest BCUT2D eigenvalue weighted by Crippen LogP contribution is 2.33. The lowest BCUT2D eigenvalue weighted by molar-refractivity contribution is 0.262. The van der Waals surface area contributed by atoms with Gasteiger partial charge in [-0.25, -0.2) is 0 Å². The molecule has 0 heterocycles. The SMILES string of the molecule is CCN(CC)S(=O)(=O)NC1(/C(N)=N/O)CCC(C)CC1. The van der Waals surface area contributed by atoms with E-state index in [9.17, 15) is 8.42 Å². The van der Waals surface area contributed by atoms with Crippen LogP contribution in [0.5, 0.6) is 0 Å². The minimum absolute atomic E-state index is 0.0554. The largest absolute Gasteiger partial charge is 0.409 e. The Labute approximate surface area is 121 Å². The van der Waals surface area contributed by atoms with Gasteiger partial charge in [-0.15, -0.1) is 0 Å². The lowest BCUT2D eigenvalue weighted by Crippen LogP contribution is -2.61. The molecule has 0 amide bonds. The number of rotatable bonds is 6. The first kappa shape index (κ1) is 17.2. The van der Waals surface area contributed by atoms with E-state index < -0.39 is 15.7 Å². The molecule has 0 spiro atoms. The molecule has 0 saturated heterocycles. The average molecular weight is 306 g/mol. The van der Waals surface area contributed by atoms with Gasteiger partial charge in [-0.2, -0.15) is 17.4 Å². The number of amidine groups is 1. The molecular formula is C12H26N4O3S. The summed E-state index contributed by atoms with van der Waals surface area (Å²) >= 11 is 0. The van der Waals surface area contributed by atoms with Crippen LogP contribution in [0, 0.1) is 5.92 Å². The summed E-state index contributed by atoms with van der Waals surface area (Å²) in [5.41, 5.74) is 4.80. The van der Waals surface area contributed by atoms with Crippen molar-refractivity contribution in [3.8, 4) is 0 Å². The van der Waals surface area contributed by atoms with Crippen LogP contribution < -0.4 is 10.5 Å². The molecule has 1 saturated carbocycles. The molecular weight excluding hydrogens is 280 g/mol. The van der Waals surface area contributed by atoms with Gasteiger partial charge in [-0.1, -0.05) is 25.9 Å². The van der Waals surface area contributed by atoms with Crippen molar-refractivity contribution in [3.05, 3.63) is 0 Å². The maximum Gasteiger partial charge on any atom is 0.280 e. The summed E-state index contributed by atoms with van der Waals surface area (Å²) in [6, 6.07) is 0. The second kappa shape index (κ2) is 6.73. The molecule has 0 aromatic carbocycles. The molecule has 1 rings (SSSR count). The predicted molar refractivity (Wildman–Crippen MR) is 78.7 cm³/mol. The Balaban J connectivity index is 3.03. The fraction of sp³-hybridized carbons (Fsp3) is 0.917. The van der Waals surface area contributed by atoms with Crippen molar-refractivity contribution in [3.63, 3.8) is 0 Å². The molecule has 118 valence electrons. The van der Waals surface area contributed by atoms with E-state index in [2.05, 4.69) is 16.8 Å². The minimum Gasteiger partial charge on any atom is -0.409 e. The highest BCUT2D eigenvalue weighted by atomic mass is 32.2. The van der Waals surface area contributed by atoms with E-state index in [-0.39, 0.29) is 5.84 Å². The molecule has 20 heavy (non-hydrogen) atoms. The van der Waals surface area contributed by atoms with E-state index in [4.69, 9.17) is 10.9 Å². The summed E-state index contributed by atoms with van der Waals surface area (Å²) in [7, 11) is -3.64. The minimum atomic E-state index is -3.64. The molecule has 4 N–H and O–H groups in total. The molecule has 0 bridgehead atoms. The van der Waals surface area contributed by atoms with Crippen molar-refractivity contribution in [2.75, 3.05) is 13.1 Å². The van der Waals surface area contributed by atoms with Crippen LogP contribution in [-0.4, -0.2) is 42.4 Å². The first-order chi connectivity index (χ1) is 9.31. The van der Waals surface area contributed by atoms with Crippen LogP contribution >= 0.6 is 0 Å². The number of hydrogen-bond acceptors (Lipinski definition) is 4. The topological polar surface area (TPSA) is 108 Å². The molecule has 7 nitrogen and oxygen atoms in total. The van der Waals surface area contributed by atoms with Gasteiger partial charge in [0.15, 0.2) is 5.84 Å². The van der Waals surface area contributed by atoms with Crippen LogP contribution in [0.2, 0.25) is 0 Å². The number of nitrogens with one attached hydrogen (secondary N) is 1. The van der Waals surface area contributed by atoms with Crippen molar-refractivity contribution in [2.24, 2.45) is 16.8 Å². The zero-order valence-corrected chi connectivity index (χ0v) is 13.3. The molecule has 8 heteroatoms. The molecule has 1 aliphatic rings. The molecule has 0 aliphatic heterocycles. The van der Waals surface area contributed by atoms with Crippen LogP contribution in [0.25, 0.3) is 0 Å². The van der Waals surface area contributed by atoms with Crippen LogP contribution in [0.1, 0.15) is 46.5 Å². The Hall–Kier alpha value is -0.860. The zero-order chi connectivity index (χ0) is 15.4. The summed E-state index contributed by atoms with van der Waals surface area (Å²) in [6.07, 6.45) is 2.78. The summed E-state index contributed by atoms with van der Waals surface area (Å²) in [5.74, 6) is 0.465. The van der Waals surface area contributed by atoms with Crippen molar-refractivity contribution in [1.82, 2.24) is 9.03 Å². The average Bonchev–Trinajstić information content (AvgIpc) is 2.41. The molecule has 1 fully saturated rings. The second-order valence-corrected chi connectivity index (χ2v) is 7.11. The fourth-order valence-corrected chi connectivity index (χ4v) is 4.25. The van der Waals surface area contributed by atoms with E-state index >= 15 is 0 Å². The van der Waals surface area contributed by atoms with Gasteiger partial charge in [0, 0.05) is 13.1 Å². The number of nitrogens with two attached hydrogens (primary N) is 1. The first-order valence-corrected chi connectivity index (χ1v) is 8.52.